The Bertz CT molecular complexity index is 196. The summed E-state index contributed by atoms with van der Waals surface area (Å²) in [4.78, 5) is 0. The van der Waals surface area contributed by atoms with Gasteiger partial charge in [0.25, 0.3) is 0 Å². The van der Waals surface area contributed by atoms with E-state index in [0.29, 0.717) is 5.41 Å². The third kappa shape index (κ3) is 2.23. The van der Waals surface area contributed by atoms with Gasteiger partial charge in [-0.25, -0.2) is 0 Å². The van der Waals surface area contributed by atoms with Crippen LogP contribution in [-0.2, 0) is 0 Å². The first-order valence-corrected chi connectivity index (χ1v) is 4.65. The second-order valence-electron chi connectivity index (χ2n) is 5.30. The Morgan fingerprint density at radius 1 is 1.33 bits per heavy atom. The molecule has 0 aromatic heterocycles. The summed E-state index contributed by atoms with van der Waals surface area (Å²) in [6, 6.07) is 0. The lowest BCUT2D eigenvalue weighted by molar-refractivity contribution is 0.382. The molecule has 1 saturated carbocycles. The molecule has 1 N–H and O–H groups in total. The molecule has 1 aliphatic rings. The van der Waals surface area contributed by atoms with Crippen LogP contribution in [0.2, 0.25) is 0 Å². The lowest BCUT2D eigenvalue weighted by Crippen LogP contribution is -2.40. The largest absolute Gasteiger partial charge is 0.305 e. The van der Waals surface area contributed by atoms with Crippen LogP contribution in [0.1, 0.15) is 47.5 Å². The second kappa shape index (κ2) is 2.75. The van der Waals surface area contributed by atoms with Crippen LogP contribution in [0.15, 0.2) is 5.10 Å². The summed E-state index contributed by atoms with van der Waals surface area (Å²) >= 11 is 0. The third-order valence-electron chi connectivity index (χ3n) is 2.29. The smallest absolute Gasteiger partial charge is 0.0464 e. The summed E-state index contributed by atoms with van der Waals surface area (Å²) in [5.41, 5.74) is 4.93. The first-order chi connectivity index (χ1) is 5.31. The Hall–Kier alpha value is -0.530. The zero-order chi connectivity index (χ0) is 9.41. The van der Waals surface area contributed by atoms with Crippen LogP contribution in [0.5, 0.6) is 0 Å². The molecule has 0 unspecified atom stereocenters. The first kappa shape index (κ1) is 9.56. The minimum absolute atomic E-state index is 0.0959. The molecule has 0 saturated heterocycles. The summed E-state index contributed by atoms with van der Waals surface area (Å²) in [5, 5.41) is 4.42. The molecule has 1 aliphatic carbocycles. The summed E-state index contributed by atoms with van der Waals surface area (Å²) in [6.07, 6.45) is 2.44. The van der Waals surface area contributed by atoms with Crippen molar-refractivity contribution in [3.63, 3.8) is 0 Å². The topological polar surface area (TPSA) is 24.4 Å². The Balaban J connectivity index is 2.49. The summed E-state index contributed by atoms with van der Waals surface area (Å²) in [6.45, 7) is 10.9. The molecule has 12 heavy (non-hydrogen) atoms. The fourth-order valence-corrected chi connectivity index (χ4v) is 1.18. The van der Waals surface area contributed by atoms with Gasteiger partial charge in [-0.3, -0.25) is 0 Å². The highest BCUT2D eigenvalue weighted by Crippen LogP contribution is 2.36. The Labute approximate surface area is 75.4 Å². The van der Waals surface area contributed by atoms with Crippen molar-refractivity contribution in [2.75, 3.05) is 0 Å². The molecule has 0 amide bonds. The fourth-order valence-electron chi connectivity index (χ4n) is 1.18. The molecule has 2 nitrogen and oxygen atoms in total. The van der Waals surface area contributed by atoms with Crippen LogP contribution >= 0.6 is 0 Å². The van der Waals surface area contributed by atoms with Crippen molar-refractivity contribution >= 4 is 5.71 Å². The lowest BCUT2D eigenvalue weighted by atomic mass is 9.70. The van der Waals surface area contributed by atoms with Gasteiger partial charge >= 0.3 is 0 Å². The zero-order valence-corrected chi connectivity index (χ0v) is 8.86. The molecular weight excluding hydrogens is 148 g/mol. The highest BCUT2D eigenvalue weighted by molar-refractivity contribution is 5.94. The molecule has 2 heteroatoms. The van der Waals surface area contributed by atoms with E-state index in [0.717, 1.165) is 6.42 Å². The van der Waals surface area contributed by atoms with E-state index in [1.807, 2.05) is 0 Å². The van der Waals surface area contributed by atoms with E-state index in [-0.39, 0.29) is 5.54 Å². The molecule has 0 aromatic rings. The minimum atomic E-state index is 0.0959. The van der Waals surface area contributed by atoms with E-state index in [4.69, 9.17) is 0 Å². The number of rotatable bonds is 1. The Morgan fingerprint density at radius 2 is 1.92 bits per heavy atom. The van der Waals surface area contributed by atoms with Crippen molar-refractivity contribution < 1.29 is 0 Å². The molecule has 1 fully saturated rings. The molecule has 0 spiro atoms. The Kier molecular flexibility index (Phi) is 2.19. The first-order valence-electron chi connectivity index (χ1n) is 4.65. The van der Waals surface area contributed by atoms with E-state index in [9.17, 15) is 0 Å². The van der Waals surface area contributed by atoms with Crippen molar-refractivity contribution in [1.29, 1.82) is 0 Å². The number of hydrazone groups is 1. The van der Waals surface area contributed by atoms with Gasteiger partial charge in [-0.2, -0.15) is 5.10 Å². The summed E-state index contributed by atoms with van der Waals surface area (Å²) in [7, 11) is 0. The monoisotopic (exact) mass is 168 g/mol. The lowest BCUT2D eigenvalue weighted by Gasteiger charge is -2.37. The highest BCUT2D eigenvalue weighted by atomic mass is 15.3. The molecule has 0 bridgehead atoms. The average molecular weight is 168 g/mol. The summed E-state index contributed by atoms with van der Waals surface area (Å²) < 4.78 is 0. The van der Waals surface area contributed by atoms with Gasteiger partial charge in [-0.15, -0.1) is 0 Å². The minimum Gasteiger partial charge on any atom is -0.305 e. The van der Waals surface area contributed by atoms with Crippen LogP contribution in [0, 0.1) is 5.41 Å². The molecule has 0 heterocycles. The summed E-state index contributed by atoms with van der Waals surface area (Å²) in [5.74, 6) is 0. The maximum absolute atomic E-state index is 4.42. The van der Waals surface area contributed by atoms with Gasteiger partial charge in [0, 0.05) is 16.7 Å². The second-order valence-corrected chi connectivity index (χ2v) is 5.30. The number of nitrogens with zero attached hydrogens (tertiary/aromatic N) is 1. The molecule has 0 aromatic carbocycles. The third-order valence-corrected chi connectivity index (χ3v) is 2.29. The fraction of sp³-hybridized carbons (Fsp3) is 0.900. The molecule has 0 radical (unpaired) electrons. The zero-order valence-electron chi connectivity index (χ0n) is 8.86. The van der Waals surface area contributed by atoms with E-state index < -0.39 is 0 Å². The van der Waals surface area contributed by atoms with Gasteiger partial charge < -0.3 is 5.43 Å². The van der Waals surface area contributed by atoms with Gasteiger partial charge in [-0.1, -0.05) is 13.8 Å². The van der Waals surface area contributed by atoms with Crippen LogP contribution < -0.4 is 5.43 Å². The van der Waals surface area contributed by atoms with E-state index in [1.54, 1.807) is 0 Å². The normalized spacial score (nSPS) is 25.2. The van der Waals surface area contributed by atoms with Crippen LogP contribution in [0.4, 0.5) is 0 Å². The molecule has 1 rings (SSSR count). The number of hydrogen-bond donors (Lipinski definition) is 1. The maximum atomic E-state index is 4.42. The van der Waals surface area contributed by atoms with Gasteiger partial charge in [0.05, 0.1) is 0 Å². The van der Waals surface area contributed by atoms with Gasteiger partial charge in [-0.05, 0) is 33.6 Å². The van der Waals surface area contributed by atoms with Crippen LogP contribution in [-0.4, -0.2) is 11.3 Å². The van der Waals surface area contributed by atoms with Crippen molar-refractivity contribution in [3.8, 4) is 0 Å². The quantitative estimate of drug-likeness (QED) is 0.598. The van der Waals surface area contributed by atoms with E-state index >= 15 is 0 Å². The Morgan fingerprint density at radius 3 is 2.17 bits per heavy atom. The molecular formula is C10H20N2. The van der Waals surface area contributed by atoms with Crippen LogP contribution in [0.25, 0.3) is 0 Å². The average Bonchev–Trinajstić information content (AvgIpc) is 1.83. The van der Waals surface area contributed by atoms with Crippen molar-refractivity contribution in [1.82, 2.24) is 5.43 Å². The SMILES string of the molecule is CC(C)(C)N/N=C1/CCC1(C)C. The highest BCUT2D eigenvalue weighted by Gasteiger charge is 2.34. The van der Waals surface area contributed by atoms with Gasteiger partial charge in [0.2, 0.25) is 0 Å². The van der Waals surface area contributed by atoms with Crippen molar-refractivity contribution in [3.05, 3.63) is 0 Å². The standard InChI is InChI=1S/C10H20N2/c1-9(2,3)12-11-8-6-7-10(8,4)5/h12H,6-7H2,1-5H3/b11-8-. The molecule has 0 aliphatic heterocycles. The molecule has 0 atom stereocenters. The predicted octanol–water partition coefficient (Wildman–Crippen LogP) is 2.55. The van der Waals surface area contributed by atoms with Gasteiger partial charge in [0.1, 0.15) is 0 Å². The predicted molar refractivity (Wildman–Crippen MR) is 53.3 cm³/mol. The van der Waals surface area contributed by atoms with E-state index in [1.165, 1.54) is 12.1 Å². The van der Waals surface area contributed by atoms with Crippen LogP contribution in [0.3, 0.4) is 0 Å². The molecule has 70 valence electrons. The van der Waals surface area contributed by atoms with E-state index in [2.05, 4.69) is 45.1 Å². The maximum Gasteiger partial charge on any atom is 0.0464 e. The number of nitrogens with one attached hydrogen (secondary N) is 1. The number of hydrogen-bond acceptors (Lipinski definition) is 2. The van der Waals surface area contributed by atoms with Crippen molar-refractivity contribution in [2.24, 2.45) is 10.5 Å². The van der Waals surface area contributed by atoms with Crippen molar-refractivity contribution in [2.45, 2.75) is 53.0 Å². The van der Waals surface area contributed by atoms with Gasteiger partial charge in [0.15, 0.2) is 0 Å².